The maximum Gasteiger partial charge on any atom is 0.0762 e. The van der Waals surface area contributed by atoms with Crippen molar-refractivity contribution in [2.45, 2.75) is 83.6 Å². The molecule has 2 unspecified atom stereocenters. The normalized spacial score (nSPS) is 28.3. The number of nitrogens with one attached hydrogen (secondary N) is 1. The van der Waals surface area contributed by atoms with Gasteiger partial charge in [-0.25, -0.2) is 0 Å². The Morgan fingerprint density at radius 3 is 2.86 bits per heavy atom. The monoisotopic (exact) mass is 290 g/mol. The van der Waals surface area contributed by atoms with E-state index in [-0.39, 0.29) is 5.60 Å². The minimum atomic E-state index is 0.0707. The van der Waals surface area contributed by atoms with Crippen LogP contribution in [-0.4, -0.2) is 22.8 Å². The Morgan fingerprint density at radius 1 is 1.29 bits per heavy atom. The highest BCUT2D eigenvalue weighted by Crippen LogP contribution is 2.32. The minimum Gasteiger partial charge on any atom is -0.370 e. The van der Waals surface area contributed by atoms with Crippen LogP contribution in [0.1, 0.15) is 70.0 Å². The topological polar surface area (TPSA) is 26.2 Å². The average Bonchev–Trinajstić information content (AvgIpc) is 2.92. The molecule has 1 aliphatic carbocycles. The van der Waals surface area contributed by atoms with Crippen LogP contribution in [0.5, 0.6) is 0 Å². The van der Waals surface area contributed by atoms with Crippen LogP contribution in [0.2, 0.25) is 0 Å². The highest BCUT2D eigenvalue weighted by Gasteiger charge is 2.32. The molecule has 0 bridgehead atoms. The second-order valence-electron chi connectivity index (χ2n) is 7.33. The van der Waals surface area contributed by atoms with E-state index >= 15 is 0 Å². The largest absolute Gasteiger partial charge is 0.370 e. The Labute approximate surface area is 129 Å². The van der Waals surface area contributed by atoms with Crippen LogP contribution in [0.15, 0.2) is 12.4 Å². The summed E-state index contributed by atoms with van der Waals surface area (Å²) in [7, 11) is 0. The van der Waals surface area contributed by atoms with E-state index < -0.39 is 0 Å². The molecule has 0 spiro atoms. The van der Waals surface area contributed by atoms with Crippen molar-refractivity contribution in [1.29, 1.82) is 0 Å². The van der Waals surface area contributed by atoms with Crippen LogP contribution in [0.3, 0.4) is 0 Å². The molecule has 0 amide bonds. The number of aryl methyl sites for hydroxylation is 1. The zero-order valence-corrected chi connectivity index (χ0v) is 13.8. The van der Waals surface area contributed by atoms with Gasteiger partial charge >= 0.3 is 0 Å². The summed E-state index contributed by atoms with van der Waals surface area (Å²) in [6, 6.07) is 0.551. The average molecular weight is 290 g/mol. The smallest absolute Gasteiger partial charge is 0.0762 e. The summed E-state index contributed by atoms with van der Waals surface area (Å²) in [5.41, 5.74) is 3.16. The van der Waals surface area contributed by atoms with Gasteiger partial charge in [0.25, 0.3) is 0 Å². The summed E-state index contributed by atoms with van der Waals surface area (Å²) < 4.78 is 8.53. The fourth-order valence-corrected chi connectivity index (χ4v) is 3.92. The first-order chi connectivity index (χ1) is 10.1. The predicted octanol–water partition coefficient (Wildman–Crippen LogP) is 3.82. The van der Waals surface area contributed by atoms with Gasteiger partial charge in [0.15, 0.2) is 0 Å². The fourth-order valence-electron chi connectivity index (χ4n) is 3.92. The third-order valence-corrected chi connectivity index (χ3v) is 4.98. The van der Waals surface area contributed by atoms with E-state index in [2.05, 4.69) is 43.0 Å². The Kier molecular flexibility index (Phi) is 4.41. The van der Waals surface area contributed by atoms with Crippen LogP contribution in [0, 0.1) is 0 Å². The summed E-state index contributed by atoms with van der Waals surface area (Å²) in [4.78, 5) is 0. The molecule has 3 nitrogen and oxygen atoms in total. The molecule has 2 atom stereocenters. The van der Waals surface area contributed by atoms with Crippen molar-refractivity contribution in [2.24, 2.45) is 0 Å². The van der Waals surface area contributed by atoms with Crippen LogP contribution >= 0.6 is 0 Å². The van der Waals surface area contributed by atoms with E-state index in [1.54, 1.807) is 5.56 Å². The van der Waals surface area contributed by atoms with Crippen LogP contribution < -0.4 is 5.32 Å². The van der Waals surface area contributed by atoms with Crippen LogP contribution in [0.4, 0.5) is 0 Å². The van der Waals surface area contributed by atoms with Gasteiger partial charge in [-0.1, -0.05) is 13.3 Å². The number of hydrogen-bond donors (Lipinski definition) is 1. The van der Waals surface area contributed by atoms with Gasteiger partial charge in [0, 0.05) is 25.0 Å². The van der Waals surface area contributed by atoms with Crippen molar-refractivity contribution in [3.63, 3.8) is 0 Å². The summed E-state index contributed by atoms with van der Waals surface area (Å²) in [5, 5.41) is 3.66. The zero-order chi connectivity index (χ0) is 14.9. The van der Waals surface area contributed by atoms with Gasteiger partial charge in [0.2, 0.25) is 0 Å². The molecule has 3 heteroatoms. The molecule has 2 heterocycles. The maximum atomic E-state index is 6.15. The predicted molar refractivity (Wildman–Crippen MR) is 86.6 cm³/mol. The highest BCUT2D eigenvalue weighted by molar-refractivity contribution is 5.29. The van der Waals surface area contributed by atoms with Crippen molar-refractivity contribution in [3.05, 3.63) is 23.5 Å². The standard InChI is InChI=1S/C18H30N2O/c1-4-19-17-8-6-5-7-14-11-20(13-16(14)17)12-15-9-10-18(2,3)21-15/h11,13,15,17,19H,4-10,12H2,1-3H3. The molecule has 0 saturated carbocycles. The molecule has 0 aromatic carbocycles. The van der Waals surface area contributed by atoms with Crippen molar-refractivity contribution in [2.75, 3.05) is 6.54 Å². The lowest BCUT2D eigenvalue weighted by atomic mass is 10.0. The van der Waals surface area contributed by atoms with Crippen molar-refractivity contribution in [1.82, 2.24) is 9.88 Å². The molecule has 3 rings (SSSR count). The van der Waals surface area contributed by atoms with E-state index in [1.165, 1.54) is 44.1 Å². The van der Waals surface area contributed by atoms with E-state index in [4.69, 9.17) is 4.74 Å². The quantitative estimate of drug-likeness (QED) is 0.853. The summed E-state index contributed by atoms with van der Waals surface area (Å²) in [5.74, 6) is 0. The Balaban J connectivity index is 1.72. The van der Waals surface area contributed by atoms with Crippen LogP contribution in [0.25, 0.3) is 0 Å². The molecule has 1 aromatic rings. The number of fused-ring (bicyclic) bond motifs is 1. The van der Waals surface area contributed by atoms with Gasteiger partial charge in [-0.3, -0.25) is 0 Å². The number of hydrogen-bond acceptors (Lipinski definition) is 2. The molecule has 1 aromatic heterocycles. The first-order valence-corrected chi connectivity index (χ1v) is 8.67. The second kappa shape index (κ2) is 6.13. The number of aromatic nitrogens is 1. The Morgan fingerprint density at radius 2 is 2.14 bits per heavy atom. The number of rotatable bonds is 4. The Bertz CT molecular complexity index is 478. The fraction of sp³-hybridized carbons (Fsp3) is 0.778. The van der Waals surface area contributed by atoms with Gasteiger partial charge in [-0.15, -0.1) is 0 Å². The molecular formula is C18H30N2O. The molecule has 118 valence electrons. The first kappa shape index (κ1) is 15.1. The van der Waals surface area contributed by atoms with Gasteiger partial charge in [-0.2, -0.15) is 0 Å². The molecule has 1 fully saturated rings. The lowest BCUT2D eigenvalue weighted by Crippen LogP contribution is -2.23. The van der Waals surface area contributed by atoms with Crippen LogP contribution in [-0.2, 0) is 17.7 Å². The first-order valence-electron chi connectivity index (χ1n) is 8.67. The summed E-state index contributed by atoms with van der Waals surface area (Å²) >= 11 is 0. The second-order valence-corrected chi connectivity index (χ2v) is 7.33. The summed E-state index contributed by atoms with van der Waals surface area (Å²) in [6.07, 6.45) is 12.7. The van der Waals surface area contributed by atoms with Gasteiger partial charge < -0.3 is 14.6 Å². The van der Waals surface area contributed by atoms with E-state index in [0.717, 1.165) is 13.1 Å². The van der Waals surface area contributed by atoms with Gasteiger partial charge in [0.05, 0.1) is 11.7 Å². The zero-order valence-electron chi connectivity index (χ0n) is 13.8. The maximum absolute atomic E-state index is 6.15. The Hall–Kier alpha value is -0.800. The molecular weight excluding hydrogens is 260 g/mol. The third-order valence-electron chi connectivity index (χ3n) is 4.98. The molecule has 1 N–H and O–H groups in total. The molecule has 1 aliphatic heterocycles. The lowest BCUT2D eigenvalue weighted by Gasteiger charge is -2.19. The van der Waals surface area contributed by atoms with Crippen molar-refractivity contribution >= 4 is 0 Å². The summed E-state index contributed by atoms with van der Waals surface area (Å²) in [6.45, 7) is 8.68. The minimum absolute atomic E-state index is 0.0707. The van der Waals surface area contributed by atoms with Crippen molar-refractivity contribution in [3.8, 4) is 0 Å². The van der Waals surface area contributed by atoms with E-state index in [1.807, 2.05) is 0 Å². The van der Waals surface area contributed by atoms with E-state index in [0.29, 0.717) is 12.1 Å². The molecule has 1 saturated heterocycles. The molecule has 2 aliphatic rings. The third kappa shape index (κ3) is 3.51. The van der Waals surface area contributed by atoms with Gasteiger partial charge in [0.1, 0.15) is 0 Å². The molecule has 21 heavy (non-hydrogen) atoms. The van der Waals surface area contributed by atoms with Gasteiger partial charge in [-0.05, 0) is 63.6 Å². The number of nitrogens with zero attached hydrogens (tertiary/aromatic N) is 1. The highest BCUT2D eigenvalue weighted by atomic mass is 16.5. The SMILES string of the molecule is CCNC1CCCCc2cn(CC3CCC(C)(C)O3)cc21. The van der Waals surface area contributed by atoms with Crippen molar-refractivity contribution < 1.29 is 4.74 Å². The van der Waals surface area contributed by atoms with E-state index in [9.17, 15) is 0 Å². The lowest BCUT2D eigenvalue weighted by molar-refractivity contribution is -0.0216. The molecule has 0 radical (unpaired) electrons. The number of ether oxygens (including phenoxy) is 1.